The molecule has 0 spiro atoms. The number of carbonyl (C=O) groups excluding carboxylic acids is 1. The molecule has 0 atom stereocenters. The third-order valence-electron chi connectivity index (χ3n) is 3.75. The summed E-state index contributed by atoms with van der Waals surface area (Å²) < 4.78 is 4.62. The van der Waals surface area contributed by atoms with Gasteiger partial charge in [-0.15, -0.1) is 0 Å². The van der Waals surface area contributed by atoms with E-state index in [1.807, 2.05) is 0 Å². The Balaban J connectivity index is 0. The van der Waals surface area contributed by atoms with E-state index in [9.17, 15) is 4.79 Å². The summed E-state index contributed by atoms with van der Waals surface area (Å²) in [5.41, 5.74) is 0. The van der Waals surface area contributed by atoms with E-state index in [4.69, 9.17) is 12.6 Å². The predicted molar refractivity (Wildman–Crippen MR) is 88.9 cm³/mol. The summed E-state index contributed by atoms with van der Waals surface area (Å²) >= 11 is 4.93. The molecule has 0 unspecified atom stereocenters. The van der Waals surface area contributed by atoms with E-state index in [-0.39, 0.29) is 28.3 Å². The van der Waals surface area contributed by atoms with Crippen LogP contribution in [0.1, 0.15) is 89.9 Å². The van der Waals surface area contributed by atoms with Crippen molar-refractivity contribution in [3.63, 3.8) is 0 Å². The Morgan fingerprint density at radius 1 is 0.714 bits per heavy atom. The quantitative estimate of drug-likeness (QED) is 0.135. The zero-order valence-corrected chi connectivity index (χ0v) is 16.6. The van der Waals surface area contributed by atoms with Crippen molar-refractivity contribution in [3.8, 4) is 0 Å². The number of unbranched alkanes of at least 4 members (excludes halogenated alkanes) is 12. The zero-order valence-electron chi connectivity index (χ0n) is 13.6. The molecule has 130 valence electrons. The smallest absolute Gasteiger partial charge is 0.793 e. The second-order valence-electron chi connectivity index (χ2n) is 5.63. The molecular weight excluding hydrogens is 465 g/mol. The fourth-order valence-electron chi connectivity index (χ4n) is 2.42. The predicted octanol–water partition coefficient (Wildman–Crippen LogP) is 5.17. The maximum absolute atomic E-state index is 10.9. The molecule has 0 aliphatic heterocycles. The Morgan fingerprint density at radius 2 is 1.05 bits per heavy atom. The SMILES string of the molecule is COC(=O)CCCCCCCCCCCCCCC[S-].[Au+]. The summed E-state index contributed by atoms with van der Waals surface area (Å²) in [6.07, 6.45) is 17.6. The summed E-state index contributed by atoms with van der Waals surface area (Å²) in [4.78, 5) is 10.9. The van der Waals surface area contributed by atoms with Crippen LogP contribution in [0.25, 0.3) is 0 Å². The monoisotopic (exact) mass is 498 g/mol. The number of methoxy groups -OCH3 is 1. The molecule has 0 aromatic carbocycles. The molecule has 0 aliphatic rings. The van der Waals surface area contributed by atoms with E-state index in [2.05, 4.69) is 4.74 Å². The second kappa shape index (κ2) is 20.6. The molecule has 0 heterocycles. The Labute approximate surface area is 153 Å². The molecule has 4 heteroatoms. The van der Waals surface area contributed by atoms with E-state index in [0.29, 0.717) is 6.42 Å². The fourth-order valence-corrected chi connectivity index (χ4v) is 2.62. The van der Waals surface area contributed by atoms with Crippen molar-refractivity contribution < 1.29 is 31.9 Å². The molecule has 21 heavy (non-hydrogen) atoms. The first-order valence-electron chi connectivity index (χ1n) is 8.46. The normalized spacial score (nSPS) is 10.2. The van der Waals surface area contributed by atoms with Crippen LogP contribution in [0.4, 0.5) is 0 Å². The van der Waals surface area contributed by atoms with Gasteiger partial charge in [0.2, 0.25) is 0 Å². The maximum Gasteiger partial charge on any atom is 1.00 e. The van der Waals surface area contributed by atoms with Gasteiger partial charge in [0.25, 0.3) is 0 Å². The molecule has 2 nitrogen and oxygen atoms in total. The average Bonchev–Trinajstić information content (AvgIpc) is 2.47. The standard InChI is InChI=1S/C17H34O2S.Au/c1-19-17(18)15-13-11-9-7-5-3-2-4-6-8-10-12-14-16-20;/h20H,2-16H2,1H3;/q;+1/p-1. The molecule has 0 saturated carbocycles. The van der Waals surface area contributed by atoms with Gasteiger partial charge in [-0.05, 0) is 6.42 Å². The molecule has 0 aliphatic carbocycles. The van der Waals surface area contributed by atoms with Crippen LogP contribution in [0.15, 0.2) is 0 Å². The number of rotatable bonds is 15. The van der Waals surface area contributed by atoms with Crippen molar-refractivity contribution in [2.24, 2.45) is 0 Å². The Morgan fingerprint density at radius 3 is 1.38 bits per heavy atom. The van der Waals surface area contributed by atoms with Crippen molar-refractivity contribution in [1.82, 2.24) is 0 Å². The number of ether oxygens (including phenoxy) is 1. The summed E-state index contributed by atoms with van der Waals surface area (Å²) in [6, 6.07) is 0. The van der Waals surface area contributed by atoms with Gasteiger partial charge in [-0.3, -0.25) is 4.79 Å². The number of hydrogen-bond acceptors (Lipinski definition) is 3. The van der Waals surface area contributed by atoms with Crippen LogP contribution in [-0.2, 0) is 44.5 Å². The minimum absolute atomic E-state index is 0. The maximum atomic E-state index is 10.9. The molecule has 0 bridgehead atoms. The van der Waals surface area contributed by atoms with Gasteiger partial charge in [0, 0.05) is 6.42 Å². The van der Waals surface area contributed by atoms with Crippen molar-refractivity contribution in [3.05, 3.63) is 0 Å². The zero-order chi connectivity index (χ0) is 14.9. The summed E-state index contributed by atoms with van der Waals surface area (Å²) in [6.45, 7) is 0. The second-order valence-corrected chi connectivity index (χ2v) is 6.03. The Bertz CT molecular complexity index is 213. The molecule has 0 radical (unpaired) electrons. The van der Waals surface area contributed by atoms with E-state index in [1.54, 1.807) is 0 Å². The van der Waals surface area contributed by atoms with Gasteiger partial charge in [0.15, 0.2) is 0 Å². The van der Waals surface area contributed by atoms with E-state index in [0.717, 1.165) is 18.6 Å². The van der Waals surface area contributed by atoms with E-state index < -0.39 is 0 Å². The van der Waals surface area contributed by atoms with Crippen molar-refractivity contribution in [2.45, 2.75) is 89.9 Å². The van der Waals surface area contributed by atoms with Crippen molar-refractivity contribution in [2.75, 3.05) is 12.9 Å². The van der Waals surface area contributed by atoms with Gasteiger partial charge in [-0.25, -0.2) is 0 Å². The first-order chi connectivity index (χ1) is 9.81. The third kappa shape index (κ3) is 20.6. The van der Waals surface area contributed by atoms with Gasteiger partial charge in [-0.1, -0.05) is 77.0 Å². The molecule has 0 amide bonds. The molecule has 0 aromatic heterocycles. The van der Waals surface area contributed by atoms with Gasteiger partial charge in [-0.2, -0.15) is 5.75 Å². The molecule has 0 fully saturated rings. The Kier molecular flexibility index (Phi) is 23.3. The molecule has 0 saturated heterocycles. The first-order valence-corrected chi connectivity index (χ1v) is 9.04. The van der Waals surface area contributed by atoms with E-state index in [1.165, 1.54) is 77.7 Å². The van der Waals surface area contributed by atoms with Gasteiger partial charge < -0.3 is 17.4 Å². The molecule has 0 aromatic rings. The van der Waals surface area contributed by atoms with Gasteiger partial charge >= 0.3 is 28.3 Å². The first kappa shape index (κ1) is 23.8. The summed E-state index contributed by atoms with van der Waals surface area (Å²) in [5, 5.41) is 0. The summed E-state index contributed by atoms with van der Waals surface area (Å²) in [5.74, 6) is 0.859. The molecular formula is C17H33AuO2S. The Hall–Kier alpha value is 0.560. The van der Waals surface area contributed by atoms with Crippen LogP contribution < -0.4 is 0 Å². The van der Waals surface area contributed by atoms with Gasteiger partial charge in [0.1, 0.15) is 0 Å². The van der Waals surface area contributed by atoms with E-state index >= 15 is 0 Å². The van der Waals surface area contributed by atoms with Crippen LogP contribution in [0.3, 0.4) is 0 Å². The van der Waals surface area contributed by atoms with Crippen LogP contribution in [0.2, 0.25) is 0 Å². The van der Waals surface area contributed by atoms with Crippen LogP contribution in [-0.4, -0.2) is 18.8 Å². The number of hydrogen-bond donors (Lipinski definition) is 0. The van der Waals surface area contributed by atoms with Crippen LogP contribution >= 0.6 is 0 Å². The van der Waals surface area contributed by atoms with Crippen LogP contribution in [0.5, 0.6) is 0 Å². The molecule has 0 N–H and O–H groups in total. The summed E-state index contributed by atoms with van der Waals surface area (Å²) in [7, 11) is 1.46. The topological polar surface area (TPSA) is 26.3 Å². The largest absolute Gasteiger partial charge is 1.00 e. The minimum Gasteiger partial charge on any atom is -0.793 e. The van der Waals surface area contributed by atoms with Crippen molar-refractivity contribution >= 4 is 18.6 Å². The minimum atomic E-state index is -0.0716. The average molecular weight is 498 g/mol. The van der Waals surface area contributed by atoms with Gasteiger partial charge in [0.05, 0.1) is 7.11 Å². The fraction of sp³-hybridized carbons (Fsp3) is 0.941. The third-order valence-corrected chi connectivity index (χ3v) is 4.04. The van der Waals surface area contributed by atoms with Crippen LogP contribution in [0, 0.1) is 0 Å². The number of carbonyl (C=O) groups is 1. The number of esters is 1. The molecule has 0 rings (SSSR count). The van der Waals surface area contributed by atoms with Crippen molar-refractivity contribution in [1.29, 1.82) is 0 Å².